The van der Waals surface area contributed by atoms with Gasteiger partial charge < -0.3 is 14.6 Å². The molecule has 2 aromatic carbocycles. The molecule has 5 heteroatoms. The van der Waals surface area contributed by atoms with E-state index >= 15 is 0 Å². The molecule has 0 aliphatic rings. The van der Waals surface area contributed by atoms with Gasteiger partial charge in [-0.1, -0.05) is 18.2 Å². The summed E-state index contributed by atoms with van der Waals surface area (Å²) in [7, 11) is 0. The van der Waals surface area contributed by atoms with Crippen LogP contribution in [0.15, 0.2) is 48.5 Å². The highest BCUT2D eigenvalue weighted by Crippen LogP contribution is 2.26. The van der Waals surface area contributed by atoms with E-state index in [1.165, 1.54) is 0 Å². The zero-order valence-corrected chi connectivity index (χ0v) is 15.2. The molecular weight excluding hydrogens is 328 g/mol. The van der Waals surface area contributed by atoms with Gasteiger partial charge in [0.15, 0.2) is 0 Å². The highest BCUT2D eigenvalue weighted by Gasteiger charge is 2.19. The summed E-state index contributed by atoms with van der Waals surface area (Å²) in [6, 6.07) is 14.7. The Kier molecular flexibility index (Phi) is 5.07. The molecule has 1 amide bonds. The van der Waals surface area contributed by atoms with Crippen molar-refractivity contribution in [1.82, 2.24) is 4.57 Å². The number of fused-ring (bicyclic) bond motifs is 1. The van der Waals surface area contributed by atoms with Gasteiger partial charge in [-0.15, -0.1) is 0 Å². The molecule has 0 saturated carbocycles. The van der Waals surface area contributed by atoms with E-state index in [9.17, 15) is 9.59 Å². The lowest BCUT2D eigenvalue weighted by Gasteiger charge is -2.10. The maximum Gasteiger partial charge on any atom is 0.338 e. The third kappa shape index (κ3) is 3.20. The third-order valence-corrected chi connectivity index (χ3v) is 4.41. The van der Waals surface area contributed by atoms with Crippen LogP contribution >= 0.6 is 0 Å². The van der Waals surface area contributed by atoms with E-state index in [0.29, 0.717) is 30.1 Å². The van der Waals surface area contributed by atoms with E-state index in [0.717, 1.165) is 16.5 Å². The second-order valence-corrected chi connectivity index (χ2v) is 5.99. The molecule has 3 aromatic rings. The summed E-state index contributed by atoms with van der Waals surface area (Å²) in [6.07, 6.45) is 0. The molecule has 0 fully saturated rings. The summed E-state index contributed by atoms with van der Waals surface area (Å²) in [6.45, 7) is 6.79. The maximum atomic E-state index is 12.9. The van der Waals surface area contributed by atoms with E-state index in [2.05, 4.69) is 5.32 Å². The van der Waals surface area contributed by atoms with Gasteiger partial charge in [0.1, 0.15) is 5.69 Å². The Hall–Kier alpha value is -3.08. The number of aryl methyl sites for hydroxylation is 2. The van der Waals surface area contributed by atoms with Crippen molar-refractivity contribution >= 4 is 28.5 Å². The maximum absolute atomic E-state index is 12.9. The average Bonchev–Trinajstić information content (AvgIpc) is 2.95. The van der Waals surface area contributed by atoms with Crippen LogP contribution in [0.4, 0.5) is 5.69 Å². The highest BCUT2D eigenvalue weighted by atomic mass is 16.5. The van der Waals surface area contributed by atoms with Crippen molar-refractivity contribution in [2.24, 2.45) is 0 Å². The largest absolute Gasteiger partial charge is 0.462 e. The number of ether oxygens (including phenoxy) is 1. The topological polar surface area (TPSA) is 60.3 Å². The number of esters is 1. The number of anilines is 1. The molecule has 0 unspecified atom stereocenters. The lowest BCUT2D eigenvalue weighted by Crippen LogP contribution is -2.18. The van der Waals surface area contributed by atoms with Crippen LogP contribution < -0.4 is 5.32 Å². The molecule has 0 bridgehead atoms. The van der Waals surface area contributed by atoms with Crippen molar-refractivity contribution < 1.29 is 14.3 Å². The van der Waals surface area contributed by atoms with Crippen molar-refractivity contribution in [2.75, 3.05) is 11.9 Å². The number of hydrogen-bond acceptors (Lipinski definition) is 3. The van der Waals surface area contributed by atoms with E-state index in [-0.39, 0.29) is 11.9 Å². The number of aromatic nitrogens is 1. The molecule has 0 saturated heterocycles. The van der Waals surface area contributed by atoms with Crippen LogP contribution in [-0.2, 0) is 11.3 Å². The van der Waals surface area contributed by atoms with Crippen molar-refractivity contribution in [2.45, 2.75) is 27.3 Å². The van der Waals surface area contributed by atoms with Crippen LogP contribution in [0.5, 0.6) is 0 Å². The van der Waals surface area contributed by atoms with Gasteiger partial charge in [-0.25, -0.2) is 4.79 Å². The summed E-state index contributed by atoms with van der Waals surface area (Å²) < 4.78 is 6.99. The highest BCUT2D eigenvalue weighted by molar-refractivity contribution is 6.08. The summed E-state index contributed by atoms with van der Waals surface area (Å²) in [5.41, 5.74) is 3.76. The predicted molar refractivity (Wildman–Crippen MR) is 103 cm³/mol. The number of carbonyl (C=O) groups excluding carboxylic acids is 2. The molecule has 0 aliphatic heterocycles. The van der Waals surface area contributed by atoms with E-state index in [1.54, 1.807) is 31.2 Å². The number of amides is 1. The van der Waals surface area contributed by atoms with Crippen molar-refractivity contribution in [1.29, 1.82) is 0 Å². The first-order valence-corrected chi connectivity index (χ1v) is 8.73. The van der Waals surface area contributed by atoms with Crippen LogP contribution in [-0.4, -0.2) is 23.1 Å². The first-order chi connectivity index (χ1) is 12.6. The molecule has 1 N–H and O–H groups in total. The Balaban J connectivity index is 1.88. The second kappa shape index (κ2) is 7.44. The lowest BCUT2D eigenvalue weighted by molar-refractivity contribution is 0.0526. The molecule has 26 heavy (non-hydrogen) atoms. The van der Waals surface area contributed by atoms with Gasteiger partial charge in [0.05, 0.1) is 12.2 Å². The Morgan fingerprint density at radius 1 is 1.04 bits per heavy atom. The summed E-state index contributed by atoms with van der Waals surface area (Å²) in [5.74, 6) is -0.531. The third-order valence-electron chi connectivity index (χ3n) is 4.41. The van der Waals surface area contributed by atoms with Gasteiger partial charge >= 0.3 is 5.97 Å². The fourth-order valence-electron chi connectivity index (χ4n) is 3.19. The normalized spacial score (nSPS) is 10.7. The summed E-state index contributed by atoms with van der Waals surface area (Å²) >= 11 is 0. The zero-order chi connectivity index (χ0) is 18.7. The quantitative estimate of drug-likeness (QED) is 0.694. The first kappa shape index (κ1) is 17.7. The molecule has 0 aliphatic carbocycles. The monoisotopic (exact) mass is 350 g/mol. The second-order valence-electron chi connectivity index (χ2n) is 5.99. The Morgan fingerprint density at radius 3 is 2.38 bits per heavy atom. The van der Waals surface area contributed by atoms with Crippen LogP contribution in [0.1, 0.15) is 40.3 Å². The molecule has 134 valence electrons. The number of rotatable bonds is 5. The first-order valence-electron chi connectivity index (χ1n) is 8.73. The van der Waals surface area contributed by atoms with Gasteiger partial charge in [-0.05, 0) is 56.7 Å². The lowest BCUT2D eigenvalue weighted by atomic mass is 10.1. The average molecular weight is 350 g/mol. The minimum absolute atomic E-state index is 0.163. The number of carbonyl (C=O) groups is 2. The molecule has 0 spiro atoms. The smallest absolute Gasteiger partial charge is 0.338 e. The number of para-hydroxylation sites is 1. The predicted octanol–water partition coefficient (Wildman–Crippen LogP) is 4.40. The number of hydrogen-bond donors (Lipinski definition) is 1. The van der Waals surface area contributed by atoms with E-state index < -0.39 is 0 Å². The van der Waals surface area contributed by atoms with Crippen LogP contribution in [0, 0.1) is 6.92 Å². The number of benzene rings is 2. The fourth-order valence-corrected chi connectivity index (χ4v) is 3.19. The number of nitrogens with zero attached hydrogens (tertiary/aromatic N) is 1. The van der Waals surface area contributed by atoms with Crippen molar-refractivity contribution in [3.05, 3.63) is 65.4 Å². The zero-order valence-electron chi connectivity index (χ0n) is 15.2. The molecule has 0 atom stereocenters. The van der Waals surface area contributed by atoms with Gasteiger partial charge in [0, 0.05) is 23.1 Å². The van der Waals surface area contributed by atoms with Crippen LogP contribution in [0.25, 0.3) is 10.9 Å². The molecule has 3 rings (SSSR count). The molecule has 1 heterocycles. The Morgan fingerprint density at radius 2 is 1.73 bits per heavy atom. The molecule has 1 aromatic heterocycles. The van der Waals surface area contributed by atoms with Crippen molar-refractivity contribution in [3.63, 3.8) is 0 Å². The summed E-state index contributed by atoms with van der Waals surface area (Å²) in [4.78, 5) is 24.6. The minimum Gasteiger partial charge on any atom is -0.462 e. The summed E-state index contributed by atoms with van der Waals surface area (Å²) in [5, 5.41) is 4.00. The van der Waals surface area contributed by atoms with Gasteiger partial charge in [-0.2, -0.15) is 0 Å². The number of nitrogens with one attached hydrogen (secondary N) is 1. The molecule has 5 nitrogen and oxygen atoms in total. The SMILES string of the molecule is CCOC(=O)c1ccc(NC(=O)c2c(C)c3ccccc3n2CC)cc1. The van der Waals surface area contributed by atoms with Gasteiger partial charge in [-0.3, -0.25) is 4.79 Å². The minimum atomic E-state index is -0.368. The van der Waals surface area contributed by atoms with E-state index in [4.69, 9.17) is 4.74 Å². The van der Waals surface area contributed by atoms with E-state index in [1.807, 2.05) is 42.7 Å². The fraction of sp³-hybridized carbons (Fsp3) is 0.238. The Labute approximate surface area is 152 Å². The van der Waals surface area contributed by atoms with Crippen LogP contribution in [0.3, 0.4) is 0 Å². The standard InChI is InChI=1S/C21H22N2O3/c1-4-23-18-9-7-6-8-17(18)14(3)19(23)20(24)22-16-12-10-15(11-13-16)21(25)26-5-2/h6-13H,4-5H2,1-3H3,(H,22,24). The van der Waals surface area contributed by atoms with Gasteiger partial charge in [0.2, 0.25) is 0 Å². The van der Waals surface area contributed by atoms with Crippen molar-refractivity contribution in [3.8, 4) is 0 Å². The Bertz CT molecular complexity index is 955. The van der Waals surface area contributed by atoms with Crippen LogP contribution in [0.2, 0.25) is 0 Å². The molecular formula is C21H22N2O3. The molecule has 0 radical (unpaired) electrons. The van der Waals surface area contributed by atoms with Gasteiger partial charge in [0.25, 0.3) is 5.91 Å².